The number of pyridine rings is 1. The zero-order chi connectivity index (χ0) is 25.5. The molecule has 3 aromatic carbocycles. The molecule has 0 radical (unpaired) electrons. The topological polar surface area (TPSA) is 40.8 Å². The Morgan fingerprint density at radius 3 is 2.45 bits per heavy atom. The molecule has 2 aliphatic rings. The summed E-state index contributed by atoms with van der Waals surface area (Å²) in [6, 6.07) is 17.6. The average Bonchev–Trinajstić information content (AvgIpc) is 3.37. The lowest BCUT2D eigenvalue weighted by Crippen LogP contribution is -3.00. The van der Waals surface area contributed by atoms with Crippen molar-refractivity contribution in [2.45, 2.75) is 52.5 Å². The van der Waals surface area contributed by atoms with Gasteiger partial charge in [0.15, 0.2) is 35.7 Å². The van der Waals surface area contributed by atoms with Crippen molar-refractivity contribution in [3.05, 3.63) is 77.0 Å². The van der Waals surface area contributed by atoms with Crippen LogP contribution in [0.2, 0.25) is 0 Å². The maximum atomic E-state index is 6.28. The Labute approximate surface area is 230 Å². The van der Waals surface area contributed by atoms with Crippen molar-refractivity contribution < 1.29 is 35.9 Å². The first-order valence-corrected chi connectivity index (χ1v) is 13.3. The molecule has 6 heteroatoms. The molecule has 4 aromatic rings. The maximum Gasteiger partial charge on any atom is 0.231 e. The second-order valence-corrected chi connectivity index (χ2v) is 10.2. The fourth-order valence-corrected chi connectivity index (χ4v) is 5.56. The highest BCUT2D eigenvalue weighted by atomic mass is 35.5. The molecule has 0 saturated carbocycles. The largest absolute Gasteiger partial charge is 1.00 e. The molecule has 1 aromatic heterocycles. The maximum absolute atomic E-state index is 6.28. The molecule has 0 amide bonds. The van der Waals surface area contributed by atoms with Crippen molar-refractivity contribution in [2.24, 2.45) is 0 Å². The number of nitrogens with zero attached hydrogens (tertiary/aromatic N) is 1. The standard InChI is InChI=1S/C32H34NO4.ClH/c1-5-14-35-32-27-18-33-13-12-23-16-29-30(37-19-36-29)17-25(23)31(33)26(24(27)10-11-28(32)34-4)15-21-6-8-22(9-7-21)20(2)3;/h6-11,16-18,20H,5,12-15,19H2,1-4H3;1H/q+1;/p-1. The molecule has 0 unspecified atom stereocenters. The lowest BCUT2D eigenvalue weighted by molar-refractivity contribution is -0.686. The summed E-state index contributed by atoms with van der Waals surface area (Å²) < 4.78 is 25.9. The third-order valence-corrected chi connectivity index (χ3v) is 7.52. The van der Waals surface area contributed by atoms with E-state index in [0.717, 1.165) is 54.2 Å². The van der Waals surface area contributed by atoms with Crippen LogP contribution in [0.25, 0.3) is 22.0 Å². The number of hydrogen-bond donors (Lipinski definition) is 0. The summed E-state index contributed by atoms with van der Waals surface area (Å²) in [5.74, 6) is 3.77. The second-order valence-electron chi connectivity index (χ2n) is 10.2. The summed E-state index contributed by atoms with van der Waals surface area (Å²) in [6.45, 7) is 8.42. The molecule has 0 saturated heterocycles. The molecule has 5 nitrogen and oxygen atoms in total. The lowest BCUT2D eigenvalue weighted by atomic mass is 9.88. The highest BCUT2D eigenvalue weighted by molar-refractivity contribution is 5.95. The van der Waals surface area contributed by atoms with Gasteiger partial charge in [-0.3, -0.25) is 0 Å². The van der Waals surface area contributed by atoms with Crippen LogP contribution in [-0.2, 0) is 19.4 Å². The van der Waals surface area contributed by atoms with Crippen LogP contribution in [-0.4, -0.2) is 20.5 Å². The van der Waals surface area contributed by atoms with Crippen molar-refractivity contribution in [2.75, 3.05) is 20.5 Å². The molecule has 0 N–H and O–H groups in total. The molecule has 6 rings (SSSR count). The summed E-state index contributed by atoms with van der Waals surface area (Å²) >= 11 is 0. The van der Waals surface area contributed by atoms with E-state index in [0.29, 0.717) is 12.5 Å². The van der Waals surface area contributed by atoms with E-state index in [9.17, 15) is 0 Å². The van der Waals surface area contributed by atoms with Gasteiger partial charge in [0.1, 0.15) is 0 Å². The minimum atomic E-state index is 0. The number of halogens is 1. The van der Waals surface area contributed by atoms with Gasteiger partial charge in [0.25, 0.3) is 0 Å². The fourth-order valence-electron chi connectivity index (χ4n) is 5.56. The molecular formula is C32H34ClNO4. The number of ether oxygens (including phenoxy) is 4. The quantitative estimate of drug-likeness (QED) is 0.342. The van der Waals surface area contributed by atoms with Gasteiger partial charge in [-0.25, -0.2) is 0 Å². The zero-order valence-electron chi connectivity index (χ0n) is 22.5. The Bertz CT molecular complexity index is 1480. The number of hydrogen-bond acceptors (Lipinski definition) is 4. The van der Waals surface area contributed by atoms with Crippen LogP contribution in [0, 0.1) is 0 Å². The zero-order valence-corrected chi connectivity index (χ0v) is 23.2. The number of rotatable bonds is 7. The highest BCUT2D eigenvalue weighted by Gasteiger charge is 2.32. The molecule has 0 fully saturated rings. The van der Waals surface area contributed by atoms with E-state index < -0.39 is 0 Å². The number of fused-ring (bicyclic) bond motifs is 5. The fraction of sp³-hybridized carbons (Fsp3) is 0.344. The van der Waals surface area contributed by atoms with Crippen molar-refractivity contribution in [3.63, 3.8) is 0 Å². The first-order valence-electron chi connectivity index (χ1n) is 13.3. The minimum absolute atomic E-state index is 0. The monoisotopic (exact) mass is 531 g/mol. The molecule has 0 atom stereocenters. The van der Waals surface area contributed by atoms with E-state index >= 15 is 0 Å². The van der Waals surface area contributed by atoms with Gasteiger partial charge in [0, 0.05) is 23.8 Å². The summed E-state index contributed by atoms with van der Waals surface area (Å²) in [5.41, 5.74) is 7.70. The molecule has 3 heterocycles. The SMILES string of the molecule is CCCOc1c(OC)ccc2c(Cc3ccc(C(C)C)cc3)c3[n+](cc12)CCc1cc2c(cc1-3)OCO2.[Cl-]. The van der Waals surface area contributed by atoms with Crippen LogP contribution < -0.4 is 35.9 Å². The third-order valence-electron chi connectivity index (χ3n) is 7.52. The van der Waals surface area contributed by atoms with Crippen molar-refractivity contribution in [1.82, 2.24) is 0 Å². The average molecular weight is 532 g/mol. The van der Waals surface area contributed by atoms with E-state index in [-0.39, 0.29) is 19.2 Å². The molecule has 0 spiro atoms. The normalized spacial score (nSPS) is 13.2. The van der Waals surface area contributed by atoms with Crippen LogP contribution in [0.5, 0.6) is 23.0 Å². The van der Waals surface area contributed by atoms with Crippen LogP contribution in [0.4, 0.5) is 0 Å². The molecule has 0 aliphatic carbocycles. The van der Waals surface area contributed by atoms with E-state index in [1.165, 1.54) is 38.9 Å². The number of benzene rings is 3. The second kappa shape index (κ2) is 10.7. The smallest absolute Gasteiger partial charge is 0.231 e. The Morgan fingerprint density at radius 1 is 0.974 bits per heavy atom. The lowest BCUT2D eigenvalue weighted by Gasteiger charge is -2.21. The number of methoxy groups -OCH3 is 1. The highest BCUT2D eigenvalue weighted by Crippen LogP contribution is 2.44. The van der Waals surface area contributed by atoms with Crippen LogP contribution in [0.1, 0.15) is 55.4 Å². The van der Waals surface area contributed by atoms with Gasteiger partial charge in [-0.05, 0) is 53.3 Å². The summed E-state index contributed by atoms with van der Waals surface area (Å²) in [7, 11) is 1.71. The van der Waals surface area contributed by atoms with Gasteiger partial charge in [-0.2, -0.15) is 4.57 Å². The van der Waals surface area contributed by atoms with Crippen LogP contribution >= 0.6 is 0 Å². The van der Waals surface area contributed by atoms with E-state index in [2.05, 4.69) is 74.0 Å². The Hall–Kier alpha value is -3.44. The predicted molar refractivity (Wildman–Crippen MR) is 145 cm³/mol. The van der Waals surface area contributed by atoms with Crippen molar-refractivity contribution >= 4 is 10.8 Å². The Kier molecular flexibility index (Phi) is 7.40. The summed E-state index contributed by atoms with van der Waals surface area (Å²) in [4.78, 5) is 0. The third kappa shape index (κ3) is 4.54. The summed E-state index contributed by atoms with van der Waals surface area (Å²) in [6.07, 6.45) is 4.94. The van der Waals surface area contributed by atoms with Gasteiger partial charge in [0.05, 0.1) is 24.7 Å². The predicted octanol–water partition coefficient (Wildman–Crippen LogP) is 3.59. The Morgan fingerprint density at radius 2 is 1.74 bits per heavy atom. The van der Waals surface area contributed by atoms with Gasteiger partial charge < -0.3 is 31.4 Å². The van der Waals surface area contributed by atoms with Crippen molar-refractivity contribution in [3.8, 4) is 34.3 Å². The molecular weight excluding hydrogens is 498 g/mol. The van der Waals surface area contributed by atoms with E-state index in [1.807, 2.05) is 6.07 Å². The molecule has 198 valence electrons. The first kappa shape index (κ1) is 26.2. The number of aromatic nitrogens is 1. The minimum Gasteiger partial charge on any atom is -1.00 e. The van der Waals surface area contributed by atoms with Gasteiger partial charge in [-0.15, -0.1) is 0 Å². The van der Waals surface area contributed by atoms with Gasteiger partial charge in [-0.1, -0.05) is 45.0 Å². The number of aryl methyl sites for hydroxylation is 2. The van der Waals surface area contributed by atoms with Crippen molar-refractivity contribution in [1.29, 1.82) is 0 Å². The van der Waals surface area contributed by atoms with Crippen LogP contribution in [0.3, 0.4) is 0 Å². The summed E-state index contributed by atoms with van der Waals surface area (Å²) in [5, 5.41) is 2.28. The van der Waals surface area contributed by atoms with E-state index in [1.54, 1.807) is 7.11 Å². The van der Waals surface area contributed by atoms with Gasteiger partial charge in [0.2, 0.25) is 12.5 Å². The Balaban J connectivity index is 0.00000294. The van der Waals surface area contributed by atoms with Crippen LogP contribution in [0.15, 0.2) is 54.7 Å². The molecule has 2 aliphatic heterocycles. The first-order chi connectivity index (χ1) is 18.1. The molecule has 0 bridgehead atoms. The molecule has 38 heavy (non-hydrogen) atoms. The van der Waals surface area contributed by atoms with Gasteiger partial charge >= 0.3 is 0 Å². The van der Waals surface area contributed by atoms with E-state index in [4.69, 9.17) is 18.9 Å².